The van der Waals surface area contributed by atoms with E-state index in [2.05, 4.69) is 10.6 Å². The number of carbonyl (C=O) groups excluding carboxylic acids is 2. The average molecular weight is 437 g/mol. The highest BCUT2D eigenvalue weighted by atomic mass is 32.1. The summed E-state index contributed by atoms with van der Waals surface area (Å²) in [5, 5.41) is 7.52. The summed E-state index contributed by atoms with van der Waals surface area (Å²) < 4.78 is 10.3. The van der Waals surface area contributed by atoms with Gasteiger partial charge in [-0.15, -0.1) is 11.3 Å². The van der Waals surface area contributed by atoms with Crippen LogP contribution in [-0.2, 0) is 11.2 Å². The van der Waals surface area contributed by atoms with Gasteiger partial charge in [0.05, 0.1) is 14.2 Å². The molecule has 3 rings (SSSR count). The van der Waals surface area contributed by atoms with Crippen LogP contribution in [0.2, 0.25) is 0 Å². The highest BCUT2D eigenvalue weighted by molar-refractivity contribution is 7.10. The SMILES string of the molecule is COc1ccc(CCNC(=O)/C(=C/c2cccs2)NC(=O)c2ccc(OC)cc2)cc1. The smallest absolute Gasteiger partial charge is 0.267 e. The van der Waals surface area contributed by atoms with Gasteiger partial charge in [0.2, 0.25) is 0 Å². The van der Waals surface area contributed by atoms with Crippen molar-refractivity contribution in [2.45, 2.75) is 6.42 Å². The van der Waals surface area contributed by atoms with E-state index in [9.17, 15) is 9.59 Å². The number of hydrogen-bond acceptors (Lipinski definition) is 5. The van der Waals surface area contributed by atoms with Gasteiger partial charge in [-0.3, -0.25) is 9.59 Å². The van der Waals surface area contributed by atoms with Crippen LogP contribution in [0.4, 0.5) is 0 Å². The Balaban J connectivity index is 1.66. The molecule has 2 aromatic carbocycles. The summed E-state index contributed by atoms with van der Waals surface area (Å²) in [5.74, 6) is 0.733. The van der Waals surface area contributed by atoms with Gasteiger partial charge in [0.25, 0.3) is 11.8 Å². The minimum absolute atomic E-state index is 0.193. The van der Waals surface area contributed by atoms with Crippen molar-refractivity contribution in [3.8, 4) is 11.5 Å². The van der Waals surface area contributed by atoms with Gasteiger partial charge in [0, 0.05) is 17.0 Å². The summed E-state index contributed by atoms with van der Waals surface area (Å²) in [6.07, 6.45) is 2.34. The van der Waals surface area contributed by atoms with E-state index >= 15 is 0 Å². The van der Waals surface area contributed by atoms with E-state index in [4.69, 9.17) is 9.47 Å². The second kappa shape index (κ2) is 11.0. The number of benzene rings is 2. The van der Waals surface area contributed by atoms with Crippen molar-refractivity contribution in [1.29, 1.82) is 0 Å². The number of thiophene rings is 1. The summed E-state index contributed by atoms with van der Waals surface area (Å²) in [6.45, 7) is 0.436. The zero-order valence-corrected chi connectivity index (χ0v) is 18.2. The second-order valence-corrected chi connectivity index (χ2v) is 7.59. The molecule has 0 bridgehead atoms. The zero-order valence-electron chi connectivity index (χ0n) is 17.4. The molecule has 160 valence electrons. The first kappa shape index (κ1) is 22.1. The van der Waals surface area contributed by atoms with Gasteiger partial charge < -0.3 is 20.1 Å². The summed E-state index contributed by atoms with van der Waals surface area (Å²) in [7, 11) is 3.18. The molecule has 0 unspecified atom stereocenters. The molecule has 6 nitrogen and oxygen atoms in total. The Morgan fingerprint density at radius 2 is 1.58 bits per heavy atom. The molecule has 2 N–H and O–H groups in total. The molecule has 0 spiro atoms. The number of ether oxygens (including phenoxy) is 2. The van der Waals surface area contributed by atoms with E-state index in [1.54, 1.807) is 44.6 Å². The number of carbonyl (C=O) groups is 2. The summed E-state index contributed by atoms with van der Waals surface area (Å²) in [5.41, 5.74) is 1.70. The van der Waals surface area contributed by atoms with Crippen LogP contribution < -0.4 is 20.1 Å². The minimum Gasteiger partial charge on any atom is -0.497 e. The molecule has 0 saturated heterocycles. The lowest BCUT2D eigenvalue weighted by molar-refractivity contribution is -0.117. The molecule has 31 heavy (non-hydrogen) atoms. The van der Waals surface area contributed by atoms with Crippen LogP contribution in [-0.4, -0.2) is 32.6 Å². The third-order valence-electron chi connectivity index (χ3n) is 4.53. The van der Waals surface area contributed by atoms with Gasteiger partial charge in [-0.05, 0) is 65.9 Å². The van der Waals surface area contributed by atoms with Gasteiger partial charge in [-0.2, -0.15) is 0 Å². The van der Waals surface area contributed by atoms with E-state index < -0.39 is 0 Å². The lowest BCUT2D eigenvalue weighted by atomic mass is 10.1. The summed E-state index contributed by atoms with van der Waals surface area (Å²) >= 11 is 1.48. The van der Waals surface area contributed by atoms with Crippen LogP contribution in [0.5, 0.6) is 11.5 Å². The minimum atomic E-state index is -0.365. The molecule has 0 aliphatic rings. The summed E-state index contributed by atoms with van der Waals surface area (Å²) in [6, 6.07) is 18.2. The van der Waals surface area contributed by atoms with Crippen LogP contribution in [0.3, 0.4) is 0 Å². The second-order valence-electron chi connectivity index (χ2n) is 6.61. The monoisotopic (exact) mass is 436 g/mol. The van der Waals surface area contributed by atoms with E-state index in [0.29, 0.717) is 24.3 Å². The van der Waals surface area contributed by atoms with Gasteiger partial charge in [0.1, 0.15) is 17.2 Å². The standard InChI is InChI=1S/C24H24N2O4S/c1-29-19-9-5-17(6-10-19)13-14-25-24(28)22(16-21-4-3-15-31-21)26-23(27)18-7-11-20(30-2)12-8-18/h3-12,15-16H,13-14H2,1-2H3,(H,25,28)(H,26,27)/b22-16-. The lowest BCUT2D eigenvalue weighted by Gasteiger charge is -2.11. The van der Waals surface area contributed by atoms with E-state index in [1.807, 2.05) is 41.8 Å². The summed E-state index contributed by atoms with van der Waals surface area (Å²) in [4.78, 5) is 26.3. The fourth-order valence-electron chi connectivity index (χ4n) is 2.82. The normalized spacial score (nSPS) is 11.0. The molecule has 0 aliphatic carbocycles. The Morgan fingerprint density at radius 3 is 2.16 bits per heavy atom. The Kier molecular flexibility index (Phi) is 7.84. The third kappa shape index (κ3) is 6.45. The van der Waals surface area contributed by atoms with Crippen LogP contribution in [0, 0.1) is 0 Å². The first-order valence-electron chi connectivity index (χ1n) is 9.71. The predicted molar refractivity (Wildman–Crippen MR) is 122 cm³/mol. The molecule has 0 aliphatic heterocycles. The molecular formula is C24H24N2O4S. The number of amides is 2. The van der Waals surface area contributed by atoms with E-state index in [-0.39, 0.29) is 17.5 Å². The molecule has 7 heteroatoms. The average Bonchev–Trinajstić information content (AvgIpc) is 3.32. The first-order chi connectivity index (χ1) is 15.1. The van der Waals surface area contributed by atoms with Crippen molar-refractivity contribution in [2.24, 2.45) is 0 Å². The van der Waals surface area contributed by atoms with Crippen LogP contribution in [0.25, 0.3) is 6.08 Å². The molecule has 0 atom stereocenters. The molecule has 0 saturated carbocycles. The zero-order chi connectivity index (χ0) is 22.1. The van der Waals surface area contributed by atoms with Gasteiger partial charge in [-0.1, -0.05) is 18.2 Å². The largest absolute Gasteiger partial charge is 0.497 e. The van der Waals surface area contributed by atoms with E-state index in [1.165, 1.54) is 11.3 Å². The lowest BCUT2D eigenvalue weighted by Crippen LogP contribution is -2.35. The number of nitrogens with one attached hydrogen (secondary N) is 2. The predicted octanol–water partition coefficient (Wildman–Crippen LogP) is 3.90. The quantitative estimate of drug-likeness (QED) is 0.499. The molecule has 0 radical (unpaired) electrons. The molecule has 1 heterocycles. The fourth-order valence-corrected chi connectivity index (χ4v) is 3.48. The van der Waals surface area contributed by atoms with Crippen LogP contribution in [0.15, 0.2) is 71.7 Å². The van der Waals surface area contributed by atoms with Crippen molar-refractivity contribution < 1.29 is 19.1 Å². The Bertz CT molecular complexity index is 1030. The van der Waals surface area contributed by atoms with Crippen molar-refractivity contribution in [2.75, 3.05) is 20.8 Å². The third-order valence-corrected chi connectivity index (χ3v) is 5.35. The van der Waals surface area contributed by atoms with Gasteiger partial charge in [0.15, 0.2) is 0 Å². The fraction of sp³-hybridized carbons (Fsp3) is 0.167. The van der Waals surface area contributed by atoms with Crippen molar-refractivity contribution in [3.63, 3.8) is 0 Å². The Hall–Kier alpha value is -3.58. The molecule has 1 aromatic heterocycles. The molecule has 0 fully saturated rings. The maximum Gasteiger partial charge on any atom is 0.267 e. The van der Waals surface area contributed by atoms with Gasteiger partial charge in [-0.25, -0.2) is 0 Å². The number of methoxy groups -OCH3 is 2. The molecular weight excluding hydrogens is 412 g/mol. The Morgan fingerprint density at radius 1 is 0.935 bits per heavy atom. The first-order valence-corrected chi connectivity index (χ1v) is 10.6. The van der Waals surface area contributed by atoms with Crippen molar-refractivity contribution in [3.05, 3.63) is 87.7 Å². The topological polar surface area (TPSA) is 76.7 Å². The van der Waals surface area contributed by atoms with E-state index in [0.717, 1.165) is 16.2 Å². The van der Waals surface area contributed by atoms with Crippen LogP contribution in [0.1, 0.15) is 20.8 Å². The molecule has 2 amide bonds. The maximum atomic E-state index is 12.8. The Labute approximate surface area is 185 Å². The number of hydrogen-bond donors (Lipinski definition) is 2. The van der Waals surface area contributed by atoms with Crippen molar-refractivity contribution >= 4 is 29.2 Å². The van der Waals surface area contributed by atoms with Gasteiger partial charge >= 0.3 is 0 Å². The van der Waals surface area contributed by atoms with Crippen molar-refractivity contribution in [1.82, 2.24) is 10.6 Å². The highest BCUT2D eigenvalue weighted by Crippen LogP contribution is 2.15. The maximum absolute atomic E-state index is 12.8. The van der Waals surface area contributed by atoms with Crippen LogP contribution >= 0.6 is 11.3 Å². The number of rotatable bonds is 9. The highest BCUT2D eigenvalue weighted by Gasteiger charge is 2.15. The molecule has 3 aromatic rings.